The van der Waals surface area contributed by atoms with Crippen molar-refractivity contribution in [3.63, 3.8) is 0 Å². The highest BCUT2D eigenvalue weighted by Gasteiger charge is 2.18. The molecule has 2 aromatic rings. The molecule has 0 unspecified atom stereocenters. The first-order valence-corrected chi connectivity index (χ1v) is 7.19. The SMILES string of the molecule is CN(CC(=O)NCc1cn(CC(=O)O)nn1)c1ccccc1[N+](=O)[O-]. The van der Waals surface area contributed by atoms with Crippen molar-refractivity contribution in [1.82, 2.24) is 20.3 Å². The molecule has 2 N–H and O–H groups in total. The molecule has 0 atom stereocenters. The van der Waals surface area contributed by atoms with E-state index in [0.717, 1.165) is 4.68 Å². The summed E-state index contributed by atoms with van der Waals surface area (Å²) in [5, 5.41) is 29.6. The highest BCUT2D eigenvalue weighted by Crippen LogP contribution is 2.26. The van der Waals surface area contributed by atoms with Crippen molar-refractivity contribution in [1.29, 1.82) is 0 Å². The van der Waals surface area contributed by atoms with Crippen LogP contribution in [-0.4, -0.2) is 50.5 Å². The minimum absolute atomic E-state index is 0.0726. The van der Waals surface area contributed by atoms with Gasteiger partial charge in [0.15, 0.2) is 0 Å². The second kappa shape index (κ2) is 7.86. The number of hydrogen-bond acceptors (Lipinski definition) is 7. The molecule has 0 saturated heterocycles. The Labute approximate surface area is 142 Å². The van der Waals surface area contributed by atoms with Crippen molar-refractivity contribution >= 4 is 23.3 Å². The van der Waals surface area contributed by atoms with Gasteiger partial charge in [0.2, 0.25) is 5.91 Å². The van der Waals surface area contributed by atoms with Crippen LogP contribution in [0.4, 0.5) is 11.4 Å². The second-order valence-corrected chi connectivity index (χ2v) is 5.18. The van der Waals surface area contributed by atoms with Gasteiger partial charge in [0.25, 0.3) is 5.69 Å². The number of hydrogen-bond donors (Lipinski definition) is 2. The smallest absolute Gasteiger partial charge is 0.325 e. The van der Waals surface area contributed by atoms with Crippen LogP contribution in [0.1, 0.15) is 5.69 Å². The Morgan fingerprint density at radius 3 is 2.80 bits per heavy atom. The van der Waals surface area contributed by atoms with Crippen LogP contribution in [0.5, 0.6) is 0 Å². The van der Waals surface area contributed by atoms with Crippen molar-refractivity contribution in [3.05, 3.63) is 46.3 Å². The molecular formula is C14H16N6O5. The summed E-state index contributed by atoms with van der Waals surface area (Å²) in [6, 6.07) is 6.13. The third-order valence-corrected chi connectivity index (χ3v) is 3.22. The van der Waals surface area contributed by atoms with Crippen LogP contribution in [0.15, 0.2) is 30.5 Å². The van der Waals surface area contributed by atoms with Crippen LogP contribution in [-0.2, 0) is 22.7 Å². The number of benzene rings is 1. The Kier molecular flexibility index (Phi) is 5.61. The van der Waals surface area contributed by atoms with Gasteiger partial charge in [0.1, 0.15) is 17.9 Å². The molecular weight excluding hydrogens is 332 g/mol. The summed E-state index contributed by atoms with van der Waals surface area (Å²) < 4.78 is 1.14. The Morgan fingerprint density at radius 2 is 2.12 bits per heavy atom. The summed E-state index contributed by atoms with van der Waals surface area (Å²) in [6.07, 6.45) is 1.42. The number of nitrogens with one attached hydrogen (secondary N) is 1. The van der Waals surface area contributed by atoms with Crippen LogP contribution in [0.2, 0.25) is 0 Å². The van der Waals surface area contributed by atoms with Crippen molar-refractivity contribution in [2.24, 2.45) is 0 Å². The molecule has 1 heterocycles. The molecule has 0 saturated carbocycles. The van der Waals surface area contributed by atoms with E-state index in [1.165, 1.54) is 17.2 Å². The summed E-state index contributed by atoms with van der Waals surface area (Å²) >= 11 is 0. The lowest BCUT2D eigenvalue weighted by atomic mass is 10.2. The van der Waals surface area contributed by atoms with Crippen LogP contribution in [0, 0.1) is 10.1 Å². The highest BCUT2D eigenvalue weighted by molar-refractivity contribution is 5.82. The Bertz CT molecular complexity index is 790. The zero-order valence-corrected chi connectivity index (χ0v) is 13.3. The summed E-state index contributed by atoms with van der Waals surface area (Å²) in [7, 11) is 1.57. The average molecular weight is 348 g/mol. The fourth-order valence-corrected chi connectivity index (χ4v) is 2.12. The molecule has 0 aliphatic rings. The van der Waals surface area contributed by atoms with E-state index < -0.39 is 10.9 Å². The molecule has 0 aliphatic heterocycles. The minimum atomic E-state index is -1.05. The molecule has 132 valence electrons. The van der Waals surface area contributed by atoms with Crippen LogP contribution < -0.4 is 10.2 Å². The molecule has 0 spiro atoms. The van der Waals surface area contributed by atoms with Crippen molar-refractivity contribution in [2.45, 2.75) is 13.1 Å². The van der Waals surface area contributed by atoms with Gasteiger partial charge >= 0.3 is 5.97 Å². The number of aliphatic carboxylic acids is 1. The van der Waals surface area contributed by atoms with Gasteiger partial charge < -0.3 is 15.3 Å². The van der Waals surface area contributed by atoms with E-state index in [0.29, 0.717) is 11.4 Å². The summed E-state index contributed by atoms with van der Waals surface area (Å²) in [6.45, 7) is -0.335. The lowest BCUT2D eigenvalue weighted by Gasteiger charge is -2.18. The van der Waals surface area contributed by atoms with E-state index in [-0.39, 0.29) is 31.2 Å². The number of nitro benzene ring substituents is 1. The first kappa shape index (κ1) is 17.8. The van der Waals surface area contributed by atoms with E-state index in [4.69, 9.17) is 5.11 Å². The van der Waals surface area contributed by atoms with Gasteiger partial charge in [-0.05, 0) is 6.07 Å². The third kappa shape index (κ3) is 4.99. The molecule has 1 aromatic carbocycles. The van der Waals surface area contributed by atoms with E-state index in [1.54, 1.807) is 25.2 Å². The topological polar surface area (TPSA) is 143 Å². The third-order valence-electron chi connectivity index (χ3n) is 3.22. The number of amides is 1. The zero-order valence-electron chi connectivity index (χ0n) is 13.3. The van der Waals surface area contributed by atoms with Gasteiger partial charge in [0, 0.05) is 13.1 Å². The molecule has 11 heteroatoms. The van der Waals surface area contributed by atoms with Gasteiger partial charge in [-0.15, -0.1) is 5.10 Å². The first-order chi connectivity index (χ1) is 11.9. The van der Waals surface area contributed by atoms with Crippen molar-refractivity contribution in [2.75, 3.05) is 18.5 Å². The Balaban J connectivity index is 1.91. The predicted molar refractivity (Wildman–Crippen MR) is 85.9 cm³/mol. The van der Waals surface area contributed by atoms with Gasteiger partial charge in [-0.25, -0.2) is 4.68 Å². The Morgan fingerprint density at radius 1 is 1.40 bits per heavy atom. The number of rotatable bonds is 8. The van der Waals surface area contributed by atoms with Crippen molar-refractivity contribution < 1.29 is 19.6 Å². The maximum Gasteiger partial charge on any atom is 0.325 e. The monoisotopic (exact) mass is 348 g/mol. The first-order valence-electron chi connectivity index (χ1n) is 7.19. The molecule has 1 aromatic heterocycles. The Hall–Kier alpha value is -3.50. The summed E-state index contributed by atoms with van der Waals surface area (Å²) in [5.74, 6) is -1.42. The van der Waals surface area contributed by atoms with Crippen LogP contribution >= 0.6 is 0 Å². The highest BCUT2D eigenvalue weighted by atomic mass is 16.6. The molecule has 1 amide bonds. The predicted octanol–water partition coefficient (Wildman–Crippen LogP) is 0.0235. The number of carboxylic acids is 1. The fraction of sp³-hybridized carbons (Fsp3) is 0.286. The number of anilines is 1. The van der Waals surface area contributed by atoms with Crippen molar-refractivity contribution in [3.8, 4) is 0 Å². The van der Waals surface area contributed by atoms with Crippen LogP contribution in [0.25, 0.3) is 0 Å². The number of carbonyl (C=O) groups is 2. The van der Waals surface area contributed by atoms with Gasteiger partial charge in [0.05, 0.1) is 24.2 Å². The average Bonchev–Trinajstić information content (AvgIpc) is 2.99. The number of nitrogens with zero attached hydrogens (tertiary/aromatic N) is 5. The van der Waals surface area contributed by atoms with Gasteiger partial charge in [-0.3, -0.25) is 19.7 Å². The largest absolute Gasteiger partial charge is 0.480 e. The van der Waals surface area contributed by atoms with Crippen LogP contribution in [0.3, 0.4) is 0 Å². The van der Waals surface area contributed by atoms with E-state index in [9.17, 15) is 19.7 Å². The van der Waals surface area contributed by atoms with E-state index in [1.807, 2.05) is 0 Å². The molecule has 0 radical (unpaired) electrons. The lowest BCUT2D eigenvalue weighted by molar-refractivity contribution is -0.384. The number of carboxylic acid groups (broad SMARTS) is 1. The second-order valence-electron chi connectivity index (χ2n) is 5.18. The zero-order chi connectivity index (χ0) is 18.4. The number of likely N-dealkylation sites (N-methyl/N-ethyl adjacent to an activating group) is 1. The maximum absolute atomic E-state index is 12.0. The normalized spacial score (nSPS) is 10.3. The quantitative estimate of drug-likeness (QED) is 0.502. The molecule has 25 heavy (non-hydrogen) atoms. The van der Waals surface area contributed by atoms with E-state index in [2.05, 4.69) is 15.6 Å². The van der Waals surface area contributed by atoms with Gasteiger partial charge in [-0.1, -0.05) is 17.3 Å². The number of aromatic nitrogens is 3. The summed E-state index contributed by atoms with van der Waals surface area (Å²) in [4.78, 5) is 34.5. The van der Waals surface area contributed by atoms with E-state index >= 15 is 0 Å². The fourth-order valence-electron chi connectivity index (χ4n) is 2.12. The molecule has 0 bridgehead atoms. The molecule has 0 aliphatic carbocycles. The molecule has 2 rings (SSSR count). The maximum atomic E-state index is 12.0. The minimum Gasteiger partial charge on any atom is -0.480 e. The number of nitro groups is 1. The lowest BCUT2D eigenvalue weighted by Crippen LogP contribution is -2.35. The standard InChI is InChI=1S/C14H16N6O5/c1-18(11-4-2-3-5-12(11)20(24)25)8-13(21)15-6-10-7-19(17-16-10)9-14(22)23/h2-5,7H,6,8-9H2,1H3,(H,15,21)(H,22,23). The van der Waals surface area contributed by atoms with Gasteiger partial charge in [-0.2, -0.15) is 0 Å². The molecule has 11 nitrogen and oxygen atoms in total. The number of carbonyl (C=O) groups excluding carboxylic acids is 1. The number of para-hydroxylation sites is 2. The molecule has 0 fully saturated rings. The summed E-state index contributed by atoms with van der Waals surface area (Å²) in [5.41, 5.74) is 0.646.